The SMILES string of the molecule is CCNC(Cc1ccc(Cl)c(Cl)c1)c1ccc(Cl)cc1. The fourth-order valence-corrected chi connectivity index (χ4v) is 2.60. The minimum atomic E-state index is 0.231. The van der Waals surface area contributed by atoms with Crippen molar-refractivity contribution in [2.75, 3.05) is 6.54 Å². The highest BCUT2D eigenvalue weighted by Gasteiger charge is 2.12. The second kappa shape index (κ2) is 7.33. The summed E-state index contributed by atoms with van der Waals surface area (Å²) in [6, 6.07) is 13.9. The molecule has 1 nitrogen and oxygen atoms in total. The summed E-state index contributed by atoms with van der Waals surface area (Å²) >= 11 is 18.0. The molecule has 2 aromatic rings. The molecule has 1 unspecified atom stereocenters. The summed E-state index contributed by atoms with van der Waals surface area (Å²) in [5, 5.41) is 5.41. The van der Waals surface area contributed by atoms with Crippen LogP contribution in [0.4, 0.5) is 0 Å². The van der Waals surface area contributed by atoms with Crippen molar-refractivity contribution in [2.24, 2.45) is 0 Å². The van der Waals surface area contributed by atoms with Crippen molar-refractivity contribution >= 4 is 34.8 Å². The zero-order valence-electron chi connectivity index (χ0n) is 11.2. The number of rotatable bonds is 5. The van der Waals surface area contributed by atoms with Gasteiger partial charge in [-0.15, -0.1) is 0 Å². The molecule has 2 rings (SSSR count). The van der Waals surface area contributed by atoms with Crippen LogP contribution < -0.4 is 5.32 Å². The van der Waals surface area contributed by atoms with Crippen molar-refractivity contribution in [3.8, 4) is 0 Å². The molecule has 1 N–H and O–H groups in total. The molecule has 0 fully saturated rings. The minimum Gasteiger partial charge on any atom is -0.310 e. The van der Waals surface area contributed by atoms with E-state index in [0.29, 0.717) is 10.0 Å². The Labute approximate surface area is 134 Å². The second-order valence-corrected chi connectivity index (χ2v) is 5.87. The molecule has 2 aromatic carbocycles. The highest BCUT2D eigenvalue weighted by molar-refractivity contribution is 6.42. The van der Waals surface area contributed by atoms with E-state index in [1.165, 1.54) is 5.56 Å². The maximum absolute atomic E-state index is 6.07. The van der Waals surface area contributed by atoms with Gasteiger partial charge < -0.3 is 5.32 Å². The van der Waals surface area contributed by atoms with E-state index >= 15 is 0 Å². The van der Waals surface area contributed by atoms with Gasteiger partial charge in [0.25, 0.3) is 0 Å². The summed E-state index contributed by atoms with van der Waals surface area (Å²) in [7, 11) is 0. The van der Waals surface area contributed by atoms with Gasteiger partial charge in [-0.05, 0) is 48.4 Å². The van der Waals surface area contributed by atoms with Crippen molar-refractivity contribution in [1.82, 2.24) is 5.32 Å². The lowest BCUT2D eigenvalue weighted by atomic mass is 9.99. The first-order chi connectivity index (χ1) is 9.60. The molecule has 0 saturated heterocycles. The third-order valence-corrected chi connectivity index (χ3v) is 4.14. The average Bonchev–Trinajstić information content (AvgIpc) is 2.43. The number of halogens is 3. The molecule has 1 atom stereocenters. The van der Waals surface area contributed by atoms with E-state index in [-0.39, 0.29) is 6.04 Å². The first kappa shape index (κ1) is 15.7. The van der Waals surface area contributed by atoms with Gasteiger partial charge in [-0.25, -0.2) is 0 Å². The Morgan fingerprint density at radius 2 is 1.65 bits per heavy atom. The van der Waals surface area contributed by atoms with Crippen molar-refractivity contribution in [3.05, 3.63) is 68.7 Å². The molecule has 20 heavy (non-hydrogen) atoms. The van der Waals surface area contributed by atoms with E-state index in [0.717, 1.165) is 23.6 Å². The van der Waals surface area contributed by atoms with Gasteiger partial charge in [0.1, 0.15) is 0 Å². The molecular weight excluding hydrogens is 313 g/mol. The van der Waals surface area contributed by atoms with E-state index < -0.39 is 0 Å². The predicted octanol–water partition coefficient (Wildman–Crippen LogP) is 5.54. The molecule has 0 heterocycles. The summed E-state index contributed by atoms with van der Waals surface area (Å²) in [5.74, 6) is 0. The first-order valence-corrected chi connectivity index (χ1v) is 7.66. The summed E-state index contributed by atoms with van der Waals surface area (Å²) in [5.41, 5.74) is 2.36. The van der Waals surface area contributed by atoms with Crippen LogP contribution in [0.2, 0.25) is 15.1 Å². The highest BCUT2D eigenvalue weighted by Crippen LogP contribution is 2.26. The molecule has 0 aliphatic carbocycles. The first-order valence-electron chi connectivity index (χ1n) is 6.53. The van der Waals surface area contributed by atoms with Crippen LogP contribution in [0.15, 0.2) is 42.5 Å². The topological polar surface area (TPSA) is 12.0 Å². The Bertz CT molecular complexity index is 566. The van der Waals surface area contributed by atoms with Gasteiger partial charge >= 0.3 is 0 Å². The average molecular weight is 329 g/mol. The molecule has 0 saturated carbocycles. The lowest BCUT2D eigenvalue weighted by Crippen LogP contribution is -2.22. The predicted molar refractivity (Wildman–Crippen MR) is 88.0 cm³/mol. The lowest BCUT2D eigenvalue weighted by molar-refractivity contribution is 0.550. The van der Waals surface area contributed by atoms with Gasteiger partial charge in [0.15, 0.2) is 0 Å². The van der Waals surface area contributed by atoms with Crippen LogP contribution >= 0.6 is 34.8 Å². The van der Waals surface area contributed by atoms with E-state index in [9.17, 15) is 0 Å². The van der Waals surface area contributed by atoms with Gasteiger partial charge in [-0.1, -0.05) is 59.9 Å². The van der Waals surface area contributed by atoms with Crippen LogP contribution in [0.1, 0.15) is 24.1 Å². The third-order valence-electron chi connectivity index (χ3n) is 3.15. The molecule has 0 aliphatic heterocycles. The molecular formula is C16H16Cl3N. The molecule has 0 spiro atoms. The monoisotopic (exact) mass is 327 g/mol. The number of hydrogen-bond donors (Lipinski definition) is 1. The smallest absolute Gasteiger partial charge is 0.0595 e. The zero-order chi connectivity index (χ0) is 14.5. The molecule has 0 aromatic heterocycles. The standard InChI is InChI=1S/C16H16Cl3N/c1-2-20-16(12-4-6-13(17)7-5-12)10-11-3-8-14(18)15(19)9-11/h3-9,16,20H,2,10H2,1H3. The van der Waals surface area contributed by atoms with Crippen LogP contribution in [-0.2, 0) is 6.42 Å². The van der Waals surface area contributed by atoms with Gasteiger partial charge in [-0.3, -0.25) is 0 Å². The summed E-state index contributed by atoms with van der Waals surface area (Å²) in [6.45, 7) is 2.99. The molecule has 0 aliphatic rings. The fraction of sp³-hybridized carbons (Fsp3) is 0.250. The van der Waals surface area contributed by atoms with Crippen molar-refractivity contribution in [1.29, 1.82) is 0 Å². The Balaban J connectivity index is 2.20. The van der Waals surface area contributed by atoms with Crippen molar-refractivity contribution in [2.45, 2.75) is 19.4 Å². The second-order valence-electron chi connectivity index (χ2n) is 4.61. The Kier molecular flexibility index (Phi) is 5.74. The van der Waals surface area contributed by atoms with Crippen LogP contribution in [0.5, 0.6) is 0 Å². The molecule has 4 heteroatoms. The Hall–Kier alpha value is -0.730. The quantitative estimate of drug-likeness (QED) is 0.760. The van der Waals surface area contributed by atoms with Crippen LogP contribution in [0.25, 0.3) is 0 Å². The number of benzene rings is 2. The van der Waals surface area contributed by atoms with Gasteiger partial charge in [0.2, 0.25) is 0 Å². The van der Waals surface area contributed by atoms with Crippen LogP contribution in [0, 0.1) is 0 Å². The largest absolute Gasteiger partial charge is 0.310 e. The Morgan fingerprint density at radius 1 is 0.950 bits per heavy atom. The fourth-order valence-electron chi connectivity index (χ4n) is 2.15. The number of likely N-dealkylation sites (N-methyl/N-ethyl adjacent to an activating group) is 1. The van der Waals surface area contributed by atoms with E-state index in [1.54, 1.807) is 0 Å². The minimum absolute atomic E-state index is 0.231. The van der Waals surface area contributed by atoms with Gasteiger partial charge in [0, 0.05) is 11.1 Å². The molecule has 0 radical (unpaired) electrons. The third kappa shape index (κ3) is 4.13. The van der Waals surface area contributed by atoms with E-state index in [1.807, 2.05) is 42.5 Å². The van der Waals surface area contributed by atoms with Crippen LogP contribution in [0.3, 0.4) is 0 Å². The number of nitrogens with one attached hydrogen (secondary N) is 1. The number of hydrogen-bond acceptors (Lipinski definition) is 1. The zero-order valence-corrected chi connectivity index (χ0v) is 13.4. The lowest BCUT2D eigenvalue weighted by Gasteiger charge is -2.19. The summed E-state index contributed by atoms with van der Waals surface area (Å²) in [4.78, 5) is 0. The van der Waals surface area contributed by atoms with Gasteiger partial charge in [0.05, 0.1) is 10.0 Å². The normalized spacial score (nSPS) is 12.4. The van der Waals surface area contributed by atoms with Gasteiger partial charge in [-0.2, -0.15) is 0 Å². The summed E-state index contributed by atoms with van der Waals surface area (Å²) < 4.78 is 0. The van der Waals surface area contributed by atoms with Crippen molar-refractivity contribution < 1.29 is 0 Å². The van der Waals surface area contributed by atoms with Crippen LogP contribution in [-0.4, -0.2) is 6.54 Å². The van der Waals surface area contributed by atoms with Crippen molar-refractivity contribution in [3.63, 3.8) is 0 Å². The summed E-state index contributed by atoms with van der Waals surface area (Å²) in [6.07, 6.45) is 0.854. The maximum Gasteiger partial charge on any atom is 0.0595 e. The highest BCUT2D eigenvalue weighted by atomic mass is 35.5. The molecule has 0 bridgehead atoms. The Morgan fingerprint density at radius 3 is 2.25 bits per heavy atom. The molecule has 0 amide bonds. The maximum atomic E-state index is 6.07. The van der Waals surface area contributed by atoms with E-state index in [2.05, 4.69) is 12.2 Å². The molecule has 106 valence electrons. The van der Waals surface area contributed by atoms with E-state index in [4.69, 9.17) is 34.8 Å².